The number of benzene rings is 2. The van der Waals surface area contributed by atoms with Gasteiger partial charge in [-0.2, -0.15) is 0 Å². The van der Waals surface area contributed by atoms with E-state index in [9.17, 15) is 19.2 Å². The largest absolute Gasteiger partial charge is 0.468 e. The fourth-order valence-electron chi connectivity index (χ4n) is 5.14. The minimum absolute atomic E-state index is 0.0894. The molecule has 4 rings (SSSR count). The first-order valence-electron chi connectivity index (χ1n) is 12.1. The van der Waals surface area contributed by atoms with Crippen LogP contribution in [0.4, 0.5) is 5.69 Å². The molecule has 2 aromatic rings. The predicted octanol–water partition coefficient (Wildman–Crippen LogP) is 2.93. The van der Waals surface area contributed by atoms with Crippen LogP contribution in [0.3, 0.4) is 0 Å². The van der Waals surface area contributed by atoms with Gasteiger partial charge >= 0.3 is 5.97 Å². The van der Waals surface area contributed by atoms with Gasteiger partial charge in [-0.1, -0.05) is 43.2 Å². The Morgan fingerprint density at radius 3 is 2.40 bits per heavy atom. The zero-order chi connectivity index (χ0) is 24.8. The molecule has 1 heterocycles. The van der Waals surface area contributed by atoms with Crippen molar-refractivity contribution in [1.29, 1.82) is 0 Å². The maximum absolute atomic E-state index is 13.4. The van der Waals surface area contributed by atoms with Crippen molar-refractivity contribution < 1.29 is 23.9 Å². The Kier molecular flexibility index (Phi) is 7.80. The number of carbonyl (C=O) groups excluding carboxylic acids is 4. The van der Waals surface area contributed by atoms with Crippen LogP contribution in [0.25, 0.3) is 0 Å². The van der Waals surface area contributed by atoms with Crippen molar-refractivity contribution in [1.82, 2.24) is 10.2 Å². The third-order valence-corrected chi connectivity index (χ3v) is 6.89. The third-order valence-electron chi connectivity index (χ3n) is 6.89. The summed E-state index contributed by atoms with van der Waals surface area (Å²) in [6.07, 6.45) is 4.96. The van der Waals surface area contributed by atoms with Crippen LogP contribution in [0.5, 0.6) is 0 Å². The number of hydrogen-bond acceptors (Lipinski definition) is 5. The van der Waals surface area contributed by atoms with E-state index in [-0.39, 0.29) is 36.7 Å². The Hall–Kier alpha value is -3.68. The second-order valence-electron chi connectivity index (χ2n) is 9.16. The van der Waals surface area contributed by atoms with E-state index in [1.165, 1.54) is 7.11 Å². The Labute approximate surface area is 205 Å². The normalized spacial score (nSPS) is 21.1. The van der Waals surface area contributed by atoms with E-state index in [4.69, 9.17) is 0 Å². The van der Waals surface area contributed by atoms with Gasteiger partial charge in [-0.3, -0.25) is 19.2 Å². The van der Waals surface area contributed by atoms with Gasteiger partial charge in [0.2, 0.25) is 11.8 Å². The van der Waals surface area contributed by atoms with Gasteiger partial charge in [0.15, 0.2) is 0 Å². The number of nitrogens with one attached hydrogen (secondary N) is 2. The SMILES string of the molecule is COC(=O)CNC(=O)Cc1ccc(NC(=O)C2CC3CCCCC3N2C(=O)c2ccccc2)cc1. The molecule has 0 bridgehead atoms. The smallest absolute Gasteiger partial charge is 0.325 e. The van der Waals surface area contributed by atoms with E-state index in [1.807, 2.05) is 23.1 Å². The number of fused-ring (bicyclic) bond motifs is 1. The Morgan fingerprint density at radius 1 is 0.971 bits per heavy atom. The number of esters is 1. The van der Waals surface area contributed by atoms with Crippen LogP contribution in [-0.4, -0.2) is 54.3 Å². The average molecular weight is 478 g/mol. The molecule has 2 fully saturated rings. The summed E-state index contributed by atoms with van der Waals surface area (Å²) in [6, 6.07) is 15.7. The zero-order valence-electron chi connectivity index (χ0n) is 19.9. The van der Waals surface area contributed by atoms with E-state index in [1.54, 1.807) is 36.4 Å². The van der Waals surface area contributed by atoms with Crippen LogP contribution in [0.1, 0.15) is 48.0 Å². The molecule has 0 spiro atoms. The first kappa shape index (κ1) is 24.4. The topological polar surface area (TPSA) is 105 Å². The Morgan fingerprint density at radius 2 is 1.69 bits per heavy atom. The van der Waals surface area contributed by atoms with Crippen molar-refractivity contribution in [3.05, 3.63) is 65.7 Å². The van der Waals surface area contributed by atoms with E-state index >= 15 is 0 Å². The second kappa shape index (κ2) is 11.2. The molecule has 1 saturated carbocycles. The molecule has 0 radical (unpaired) electrons. The molecule has 3 unspecified atom stereocenters. The van der Waals surface area contributed by atoms with Crippen LogP contribution in [-0.2, 0) is 25.5 Å². The quantitative estimate of drug-likeness (QED) is 0.597. The summed E-state index contributed by atoms with van der Waals surface area (Å²) in [4.78, 5) is 51.7. The summed E-state index contributed by atoms with van der Waals surface area (Å²) < 4.78 is 4.51. The Bertz CT molecular complexity index is 1070. The molecular formula is C27H31N3O5. The number of methoxy groups -OCH3 is 1. The summed E-state index contributed by atoms with van der Waals surface area (Å²) in [5, 5.41) is 5.46. The number of carbonyl (C=O) groups is 4. The molecule has 3 amide bonds. The van der Waals surface area contributed by atoms with Crippen LogP contribution >= 0.6 is 0 Å². The fraction of sp³-hybridized carbons (Fsp3) is 0.407. The van der Waals surface area contributed by atoms with Crippen molar-refractivity contribution in [3.8, 4) is 0 Å². The Balaban J connectivity index is 1.41. The molecule has 1 saturated heterocycles. The molecule has 3 atom stereocenters. The number of ether oxygens (including phenoxy) is 1. The highest BCUT2D eigenvalue weighted by molar-refractivity contribution is 6.02. The number of likely N-dealkylation sites (tertiary alicyclic amines) is 1. The summed E-state index contributed by atoms with van der Waals surface area (Å²) in [7, 11) is 1.26. The van der Waals surface area contributed by atoms with Crippen molar-refractivity contribution in [2.45, 2.75) is 50.6 Å². The maximum Gasteiger partial charge on any atom is 0.325 e. The van der Waals surface area contributed by atoms with Crippen LogP contribution in [0.2, 0.25) is 0 Å². The number of amides is 3. The summed E-state index contributed by atoms with van der Waals surface area (Å²) >= 11 is 0. The fourth-order valence-corrected chi connectivity index (χ4v) is 5.14. The first-order chi connectivity index (χ1) is 17.0. The number of hydrogen-bond donors (Lipinski definition) is 2. The van der Waals surface area contributed by atoms with Gasteiger partial charge in [-0.05, 0) is 55.0 Å². The van der Waals surface area contributed by atoms with E-state index in [2.05, 4.69) is 15.4 Å². The van der Waals surface area contributed by atoms with Crippen LogP contribution in [0.15, 0.2) is 54.6 Å². The number of nitrogens with zero attached hydrogens (tertiary/aromatic N) is 1. The standard InChI is InChI=1S/C27H31N3O5/c1-35-25(32)17-28-24(31)15-18-11-13-21(14-12-18)29-26(33)23-16-20-9-5-6-10-22(20)30(23)27(34)19-7-3-2-4-8-19/h2-4,7-8,11-14,20,22-23H,5-6,9-10,15-17H2,1H3,(H,28,31)(H,29,33). The first-order valence-corrected chi connectivity index (χ1v) is 12.1. The van der Waals surface area contributed by atoms with E-state index in [0.717, 1.165) is 31.2 Å². The molecule has 8 heteroatoms. The highest BCUT2D eigenvalue weighted by Crippen LogP contribution is 2.40. The zero-order valence-corrected chi connectivity index (χ0v) is 19.9. The summed E-state index contributed by atoms with van der Waals surface area (Å²) in [5.41, 5.74) is 1.96. The lowest BCUT2D eigenvalue weighted by molar-refractivity contribution is -0.141. The molecule has 2 aromatic carbocycles. The van der Waals surface area contributed by atoms with Gasteiger partial charge in [0.25, 0.3) is 5.91 Å². The van der Waals surface area contributed by atoms with Crippen LogP contribution in [0, 0.1) is 5.92 Å². The van der Waals surface area contributed by atoms with Gasteiger partial charge < -0.3 is 20.3 Å². The minimum Gasteiger partial charge on any atom is -0.468 e. The van der Waals surface area contributed by atoms with E-state index in [0.29, 0.717) is 23.6 Å². The molecule has 1 aliphatic carbocycles. The molecule has 35 heavy (non-hydrogen) atoms. The number of rotatable bonds is 7. The van der Waals surface area contributed by atoms with Crippen molar-refractivity contribution in [3.63, 3.8) is 0 Å². The maximum atomic E-state index is 13.4. The molecular weight excluding hydrogens is 446 g/mol. The molecule has 184 valence electrons. The summed E-state index contributed by atoms with van der Waals surface area (Å²) in [5.74, 6) is -0.738. The predicted molar refractivity (Wildman–Crippen MR) is 131 cm³/mol. The summed E-state index contributed by atoms with van der Waals surface area (Å²) in [6.45, 7) is -0.176. The lowest BCUT2D eigenvalue weighted by Crippen LogP contribution is -2.47. The third kappa shape index (κ3) is 5.88. The molecule has 2 aliphatic rings. The molecule has 1 aliphatic heterocycles. The lowest BCUT2D eigenvalue weighted by Gasteiger charge is -2.33. The van der Waals surface area contributed by atoms with Gasteiger partial charge in [0.1, 0.15) is 12.6 Å². The lowest BCUT2D eigenvalue weighted by atomic mass is 9.84. The number of anilines is 1. The molecule has 2 N–H and O–H groups in total. The van der Waals surface area contributed by atoms with Gasteiger partial charge in [-0.15, -0.1) is 0 Å². The highest BCUT2D eigenvalue weighted by atomic mass is 16.5. The highest BCUT2D eigenvalue weighted by Gasteiger charge is 2.47. The van der Waals surface area contributed by atoms with Crippen LogP contribution < -0.4 is 10.6 Å². The average Bonchev–Trinajstić information content (AvgIpc) is 3.28. The molecule has 0 aromatic heterocycles. The van der Waals surface area contributed by atoms with Crippen molar-refractivity contribution in [2.24, 2.45) is 5.92 Å². The van der Waals surface area contributed by atoms with Gasteiger partial charge in [-0.25, -0.2) is 0 Å². The van der Waals surface area contributed by atoms with Crippen molar-refractivity contribution in [2.75, 3.05) is 19.0 Å². The molecule has 8 nitrogen and oxygen atoms in total. The van der Waals surface area contributed by atoms with Gasteiger partial charge in [0.05, 0.1) is 13.5 Å². The second-order valence-corrected chi connectivity index (χ2v) is 9.16. The monoisotopic (exact) mass is 477 g/mol. The van der Waals surface area contributed by atoms with E-state index < -0.39 is 12.0 Å². The van der Waals surface area contributed by atoms with Crippen molar-refractivity contribution >= 4 is 29.4 Å². The van der Waals surface area contributed by atoms with Gasteiger partial charge in [0, 0.05) is 17.3 Å². The minimum atomic E-state index is -0.514.